The van der Waals surface area contributed by atoms with E-state index in [4.69, 9.17) is 0 Å². The van der Waals surface area contributed by atoms with E-state index in [9.17, 15) is 0 Å². The van der Waals surface area contributed by atoms with Crippen molar-refractivity contribution in [1.29, 1.82) is 0 Å². The van der Waals surface area contributed by atoms with Crippen molar-refractivity contribution in [2.45, 2.75) is 25.8 Å². The molecule has 1 unspecified atom stereocenters. The summed E-state index contributed by atoms with van der Waals surface area (Å²) in [5.41, 5.74) is 0. The number of nitrogens with one attached hydrogen (secondary N) is 1. The Balaban J connectivity index is 1.75. The Morgan fingerprint density at radius 3 is 3.11 bits per heavy atom. The van der Waals surface area contributed by atoms with Crippen molar-refractivity contribution in [3.05, 3.63) is 36.5 Å². The van der Waals surface area contributed by atoms with Crippen molar-refractivity contribution in [1.82, 2.24) is 9.88 Å². The van der Waals surface area contributed by atoms with Gasteiger partial charge in [-0.2, -0.15) is 0 Å². The summed E-state index contributed by atoms with van der Waals surface area (Å²) in [4.78, 5) is 7.04. The SMILES string of the molecule is CCN1CCCC1CNc1nccc2ccccc12. The van der Waals surface area contributed by atoms with Crippen molar-refractivity contribution in [2.24, 2.45) is 0 Å². The zero-order valence-corrected chi connectivity index (χ0v) is 11.5. The summed E-state index contributed by atoms with van der Waals surface area (Å²) in [5, 5.41) is 6.00. The number of pyridine rings is 1. The molecule has 0 radical (unpaired) electrons. The zero-order chi connectivity index (χ0) is 13.1. The van der Waals surface area contributed by atoms with Crippen LogP contribution < -0.4 is 5.32 Å². The number of aromatic nitrogens is 1. The van der Waals surface area contributed by atoms with Gasteiger partial charge in [-0.3, -0.25) is 4.90 Å². The Hall–Kier alpha value is -1.61. The highest BCUT2D eigenvalue weighted by Gasteiger charge is 2.22. The predicted molar refractivity (Wildman–Crippen MR) is 80.5 cm³/mol. The second-order valence-electron chi connectivity index (χ2n) is 5.19. The lowest BCUT2D eigenvalue weighted by Gasteiger charge is -2.23. The van der Waals surface area contributed by atoms with Gasteiger partial charge in [-0.05, 0) is 37.4 Å². The van der Waals surface area contributed by atoms with Crippen LogP contribution in [0.25, 0.3) is 10.8 Å². The molecule has 0 spiro atoms. The van der Waals surface area contributed by atoms with Crippen molar-refractivity contribution in [3.63, 3.8) is 0 Å². The van der Waals surface area contributed by atoms with Crippen LogP contribution in [0.2, 0.25) is 0 Å². The van der Waals surface area contributed by atoms with Gasteiger partial charge >= 0.3 is 0 Å². The molecule has 1 aliphatic heterocycles. The molecule has 19 heavy (non-hydrogen) atoms. The summed E-state index contributed by atoms with van der Waals surface area (Å²) in [5.74, 6) is 1.01. The van der Waals surface area contributed by atoms with Gasteiger partial charge in [-0.1, -0.05) is 31.2 Å². The molecule has 0 amide bonds. The minimum Gasteiger partial charge on any atom is -0.368 e. The quantitative estimate of drug-likeness (QED) is 0.909. The summed E-state index contributed by atoms with van der Waals surface area (Å²) in [7, 11) is 0. The molecule has 1 aromatic carbocycles. The molecule has 1 atom stereocenters. The first-order valence-corrected chi connectivity index (χ1v) is 7.20. The van der Waals surface area contributed by atoms with Crippen molar-refractivity contribution in [2.75, 3.05) is 25.0 Å². The van der Waals surface area contributed by atoms with Gasteiger partial charge in [-0.15, -0.1) is 0 Å². The van der Waals surface area contributed by atoms with Crippen LogP contribution in [-0.4, -0.2) is 35.6 Å². The van der Waals surface area contributed by atoms with Gasteiger partial charge in [0.2, 0.25) is 0 Å². The van der Waals surface area contributed by atoms with E-state index in [1.54, 1.807) is 0 Å². The zero-order valence-electron chi connectivity index (χ0n) is 11.5. The average Bonchev–Trinajstić information content (AvgIpc) is 2.92. The molecule has 0 aliphatic carbocycles. The lowest BCUT2D eigenvalue weighted by Crippen LogP contribution is -2.34. The number of likely N-dealkylation sites (N-methyl/N-ethyl adjacent to an activating group) is 1. The second-order valence-corrected chi connectivity index (χ2v) is 5.19. The van der Waals surface area contributed by atoms with Gasteiger partial charge in [0, 0.05) is 24.2 Å². The van der Waals surface area contributed by atoms with E-state index < -0.39 is 0 Å². The molecule has 3 heteroatoms. The molecule has 1 N–H and O–H groups in total. The van der Waals surface area contributed by atoms with Crippen LogP contribution in [0.3, 0.4) is 0 Å². The van der Waals surface area contributed by atoms with Gasteiger partial charge in [0.25, 0.3) is 0 Å². The van der Waals surface area contributed by atoms with E-state index >= 15 is 0 Å². The molecule has 2 aromatic rings. The fourth-order valence-electron chi connectivity index (χ4n) is 3.02. The number of benzene rings is 1. The third kappa shape index (κ3) is 2.56. The Bertz CT molecular complexity index is 547. The fourth-order valence-corrected chi connectivity index (χ4v) is 3.02. The van der Waals surface area contributed by atoms with E-state index in [1.165, 1.54) is 30.2 Å². The van der Waals surface area contributed by atoms with E-state index in [2.05, 4.69) is 52.5 Å². The van der Waals surface area contributed by atoms with E-state index in [0.29, 0.717) is 6.04 Å². The van der Waals surface area contributed by atoms with Gasteiger partial charge in [0.15, 0.2) is 0 Å². The molecule has 3 rings (SSSR count). The minimum atomic E-state index is 0.658. The monoisotopic (exact) mass is 255 g/mol. The average molecular weight is 255 g/mol. The first-order valence-electron chi connectivity index (χ1n) is 7.20. The molecule has 0 saturated carbocycles. The number of likely N-dealkylation sites (tertiary alicyclic amines) is 1. The summed E-state index contributed by atoms with van der Waals surface area (Å²) >= 11 is 0. The van der Waals surface area contributed by atoms with Crippen LogP contribution in [0.5, 0.6) is 0 Å². The highest BCUT2D eigenvalue weighted by atomic mass is 15.2. The largest absolute Gasteiger partial charge is 0.368 e. The first-order chi connectivity index (χ1) is 9.38. The summed E-state index contributed by atoms with van der Waals surface area (Å²) in [6.07, 6.45) is 4.51. The lowest BCUT2D eigenvalue weighted by atomic mass is 10.1. The standard InChI is InChI=1S/C16H21N3/c1-2-19-11-5-7-14(19)12-18-16-15-8-4-3-6-13(15)9-10-17-16/h3-4,6,8-10,14H,2,5,7,11-12H2,1H3,(H,17,18). The molecule has 1 aromatic heterocycles. The van der Waals surface area contributed by atoms with Gasteiger partial charge in [-0.25, -0.2) is 4.98 Å². The van der Waals surface area contributed by atoms with Crippen molar-refractivity contribution in [3.8, 4) is 0 Å². The van der Waals surface area contributed by atoms with Crippen molar-refractivity contribution >= 4 is 16.6 Å². The Morgan fingerprint density at radius 1 is 1.32 bits per heavy atom. The number of fused-ring (bicyclic) bond motifs is 1. The topological polar surface area (TPSA) is 28.2 Å². The fraction of sp³-hybridized carbons (Fsp3) is 0.438. The first kappa shape index (κ1) is 12.4. The maximum absolute atomic E-state index is 4.49. The molecule has 2 heterocycles. The molecule has 100 valence electrons. The smallest absolute Gasteiger partial charge is 0.133 e. The summed E-state index contributed by atoms with van der Waals surface area (Å²) < 4.78 is 0. The number of anilines is 1. The van der Waals surface area contributed by atoms with Gasteiger partial charge in [0.05, 0.1) is 0 Å². The highest BCUT2D eigenvalue weighted by molar-refractivity contribution is 5.91. The second kappa shape index (κ2) is 5.57. The van der Waals surface area contributed by atoms with Crippen LogP contribution in [0.4, 0.5) is 5.82 Å². The van der Waals surface area contributed by atoms with Crippen LogP contribution >= 0.6 is 0 Å². The molecular weight excluding hydrogens is 234 g/mol. The normalized spacial score (nSPS) is 19.9. The van der Waals surface area contributed by atoms with E-state index in [1.807, 2.05) is 6.20 Å². The number of rotatable bonds is 4. The number of hydrogen-bond acceptors (Lipinski definition) is 3. The minimum absolute atomic E-state index is 0.658. The summed E-state index contributed by atoms with van der Waals surface area (Å²) in [6, 6.07) is 11.1. The van der Waals surface area contributed by atoms with Crippen LogP contribution in [-0.2, 0) is 0 Å². The third-order valence-electron chi connectivity index (χ3n) is 4.08. The highest BCUT2D eigenvalue weighted by Crippen LogP contribution is 2.22. The summed E-state index contributed by atoms with van der Waals surface area (Å²) in [6.45, 7) is 5.63. The maximum atomic E-state index is 4.49. The predicted octanol–water partition coefficient (Wildman–Crippen LogP) is 3.13. The Kier molecular flexibility index (Phi) is 3.65. The molecule has 3 nitrogen and oxygen atoms in total. The third-order valence-corrected chi connectivity index (χ3v) is 4.08. The van der Waals surface area contributed by atoms with E-state index in [0.717, 1.165) is 18.9 Å². The molecule has 1 aliphatic rings. The molecule has 0 bridgehead atoms. The number of nitrogens with zero attached hydrogens (tertiary/aromatic N) is 2. The maximum Gasteiger partial charge on any atom is 0.133 e. The molecule has 1 fully saturated rings. The van der Waals surface area contributed by atoms with Crippen LogP contribution in [0.15, 0.2) is 36.5 Å². The van der Waals surface area contributed by atoms with E-state index in [-0.39, 0.29) is 0 Å². The van der Waals surface area contributed by atoms with Gasteiger partial charge in [0.1, 0.15) is 5.82 Å². The number of hydrogen-bond donors (Lipinski definition) is 1. The Morgan fingerprint density at radius 2 is 2.21 bits per heavy atom. The van der Waals surface area contributed by atoms with Crippen molar-refractivity contribution < 1.29 is 0 Å². The Labute approximate surface area is 114 Å². The van der Waals surface area contributed by atoms with Crippen LogP contribution in [0, 0.1) is 0 Å². The van der Waals surface area contributed by atoms with Crippen LogP contribution in [0.1, 0.15) is 19.8 Å². The van der Waals surface area contributed by atoms with Gasteiger partial charge < -0.3 is 5.32 Å². The molecular formula is C16H21N3. The lowest BCUT2D eigenvalue weighted by molar-refractivity contribution is 0.277. The molecule has 1 saturated heterocycles.